The summed E-state index contributed by atoms with van der Waals surface area (Å²) >= 11 is 0. The molecule has 0 fully saturated rings. The van der Waals surface area contributed by atoms with Crippen LogP contribution in [-0.4, -0.2) is 23.3 Å². The molecule has 1 aromatic carbocycles. The number of aliphatic carboxylic acids is 1. The summed E-state index contributed by atoms with van der Waals surface area (Å²) in [5, 5.41) is 18.9. The first-order valence-corrected chi connectivity index (χ1v) is 6.40. The Bertz CT molecular complexity index is 430. The number of carboxylic acid groups (broad SMARTS) is 1. The number of ether oxygens (including phenoxy) is 1. The van der Waals surface area contributed by atoms with E-state index in [4.69, 9.17) is 9.84 Å². The van der Waals surface area contributed by atoms with E-state index in [0.717, 1.165) is 22.4 Å². The van der Waals surface area contributed by atoms with Crippen LogP contribution < -0.4 is 4.74 Å². The van der Waals surface area contributed by atoms with Gasteiger partial charge in [0.05, 0.1) is 13.2 Å². The van der Waals surface area contributed by atoms with Gasteiger partial charge in [0.25, 0.3) is 0 Å². The second kappa shape index (κ2) is 6.57. The van der Waals surface area contributed by atoms with Crippen LogP contribution in [0.25, 0.3) is 0 Å². The minimum Gasteiger partial charge on any atom is -0.496 e. The molecule has 0 aliphatic heterocycles. The highest BCUT2D eigenvalue weighted by Gasteiger charge is 2.17. The molecule has 0 spiro atoms. The number of methoxy groups -OCH3 is 1. The third kappa shape index (κ3) is 4.24. The summed E-state index contributed by atoms with van der Waals surface area (Å²) in [7, 11) is 1.63. The Hall–Kier alpha value is -1.55. The second-order valence-electron chi connectivity index (χ2n) is 5.14. The molecule has 2 N–H and O–H groups in total. The van der Waals surface area contributed by atoms with Crippen molar-refractivity contribution >= 4 is 5.97 Å². The van der Waals surface area contributed by atoms with Crippen molar-refractivity contribution in [1.29, 1.82) is 0 Å². The Morgan fingerprint density at radius 1 is 1.32 bits per heavy atom. The van der Waals surface area contributed by atoms with Crippen molar-refractivity contribution in [2.24, 2.45) is 5.92 Å². The first kappa shape index (κ1) is 15.5. The highest BCUT2D eigenvalue weighted by Crippen LogP contribution is 2.30. The lowest BCUT2D eigenvalue weighted by Crippen LogP contribution is -2.09. The van der Waals surface area contributed by atoms with Gasteiger partial charge in [0, 0.05) is 6.42 Å². The number of aliphatic hydroxyl groups excluding tert-OH is 1. The molecule has 0 radical (unpaired) electrons. The summed E-state index contributed by atoms with van der Waals surface area (Å²) in [4.78, 5) is 10.6. The van der Waals surface area contributed by atoms with Crippen LogP contribution in [0.3, 0.4) is 0 Å². The molecular formula is C15H22O4. The average Bonchev–Trinajstić information content (AvgIpc) is 2.26. The molecule has 2 atom stereocenters. The summed E-state index contributed by atoms with van der Waals surface area (Å²) in [5.41, 5.74) is 2.76. The van der Waals surface area contributed by atoms with Gasteiger partial charge in [0.1, 0.15) is 5.75 Å². The van der Waals surface area contributed by atoms with Crippen molar-refractivity contribution < 1.29 is 19.7 Å². The van der Waals surface area contributed by atoms with Crippen molar-refractivity contribution in [3.8, 4) is 5.75 Å². The molecule has 0 heterocycles. The number of carbonyl (C=O) groups is 1. The Kier molecular flexibility index (Phi) is 5.36. The fraction of sp³-hybridized carbons (Fsp3) is 0.533. The second-order valence-corrected chi connectivity index (χ2v) is 5.14. The lowest BCUT2D eigenvalue weighted by atomic mass is 9.93. The van der Waals surface area contributed by atoms with Crippen molar-refractivity contribution in [3.05, 3.63) is 28.8 Å². The highest BCUT2D eigenvalue weighted by atomic mass is 16.5. The maximum Gasteiger partial charge on any atom is 0.303 e. The van der Waals surface area contributed by atoms with Crippen LogP contribution in [0.2, 0.25) is 0 Å². The van der Waals surface area contributed by atoms with Crippen LogP contribution in [0.4, 0.5) is 0 Å². The quantitative estimate of drug-likeness (QED) is 0.831. The van der Waals surface area contributed by atoms with Gasteiger partial charge in [0.2, 0.25) is 0 Å². The molecule has 1 aromatic rings. The molecule has 106 valence electrons. The van der Waals surface area contributed by atoms with E-state index >= 15 is 0 Å². The van der Waals surface area contributed by atoms with Gasteiger partial charge in [-0.05, 0) is 55.0 Å². The summed E-state index contributed by atoms with van der Waals surface area (Å²) in [5.74, 6) is -0.0634. The highest BCUT2D eigenvalue weighted by molar-refractivity contribution is 5.66. The number of aryl methyl sites for hydroxylation is 2. The summed E-state index contributed by atoms with van der Waals surface area (Å²) < 4.78 is 5.28. The molecule has 1 rings (SSSR count). The number of rotatable bonds is 6. The van der Waals surface area contributed by atoms with Gasteiger partial charge < -0.3 is 14.9 Å². The topological polar surface area (TPSA) is 66.8 Å². The van der Waals surface area contributed by atoms with Gasteiger partial charge >= 0.3 is 5.97 Å². The van der Waals surface area contributed by atoms with Crippen LogP contribution in [0, 0.1) is 19.8 Å². The van der Waals surface area contributed by atoms with Crippen LogP contribution >= 0.6 is 0 Å². The van der Waals surface area contributed by atoms with Gasteiger partial charge in [-0.3, -0.25) is 4.79 Å². The maximum absolute atomic E-state index is 10.6. The molecule has 0 aliphatic carbocycles. The third-order valence-corrected chi connectivity index (χ3v) is 3.22. The Labute approximate surface area is 114 Å². The average molecular weight is 266 g/mol. The van der Waals surface area contributed by atoms with Crippen LogP contribution in [-0.2, 0) is 4.79 Å². The Morgan fingerprint density at radius 3 is 2.26 bits per heavy atom. The van der Waals surface area contributed by atoms with Crippen molar-refractivity contribution in [3.63, 3.8) is 0 Å². The molecule has 2 unspecified atom stereocenters. The molecule has 4 heteroatoms. The fourth-order valence-electron chi connectivity index (χ4n) is 2.40. The van der Waals surface area contributed by atoms with Crippen LogP contribution in [0.1, 0.15) is 42.6 Å². The first-order chi connectivity index (χ1) is 8.85. The normalized spacial score (nSPS) is 13.9. The Balaban J connectivity index is 2.83. The van der Waals surface area contributed by atoms with Crippen molar-refractivity contribution in [2.75, 3.05) is 7.11 Å². The molecular weight excluding hydrogens is 244 g/mol. The van der Waals surface area contributed by atoms with Gasteiger partial charge in [-0.15, -0.1) is 0 Å². The molecule has 0 bridgehead atoms. The minimum atomic E-state index is -0.832. The first-order valence-electron chi connectivity index (χ1n) is 6.40. The van der Waals surface area contributed by atoms with E-state index in [1.165, 1.54) is 0 Å². The number of hydrogen-bond acceptors (Lipinski definition) is 3. The predicted octanol–water partition coefficient (Wildman–Crippen LogP) is 2.85. The molecule has 19 heavy (non-hydrogen) atoms. The molecule has 0 saturated carbocycles. The van der Waals surface area contributed by atoms with Crippen molar-refractivity contribution in [1.82, 2.24) is 0 Å². The number of hydrogen-bond donors (Lipinski definition) is 2. The van der Waals surface area contributed by atoms with E-state index in [1.54, 1.807) is 7.11 Å². The summed E-state index contributed by atoms with van der Waals surface area (Å²) in [6.07, 6.45) is -0.125. The number of carboxylic acids is 1. The van der Waals surface area contributed by atoms with E-state index in [0.29, 0.717) is 6.42 Å². The Morgan fingerprint density at radius 2 is 1.84 bits per heavy atom. The minimum absolute atomic E-state index is 0.0600. The lowest BCUT2D eigenvalue weighted by Gasteiger charge is -2.18. The van der Waals surface area contributed by atoms with E-state index in [9.17, 15) is 9.90 Å². The zero-order valence-corrected chi connectivity index (χ0v) is 11.9. The van der Waals surface area contributed by atoms with E-state index in [2.05, 4.69) is 0 Å². The van der Waals surface area contributed by atoms with Crippen LogP contribution in [0.15, 0.2) is 12.1 Å². The number of aliphatic hydroxyl groups is 1. The van der Waals surface area contributed by atoms with Gasteiger partial charge in [-0.1, -0.05) is 6.92 Å². The molecule has 0 saturated heterocycles. The molecule has 0 amide bonds. The van der Waals surface area contributed by atoms with Crippen LogP contribution in [0.5, 0.6) is 5.75 Å². The van der Waals surface area contributed by atoms with Gasteiger partial charge in [0.15, 0.2) is 0 Å². The maximum atomic E-state index is 10.6. The largest absolute Gasteiger partial charge is 0.496 e. The monoisotopic (exact) mass is 266 g/mol. The van der Waals surface area contributed by atoms with Crippen molar-refractivity contribution in [2.45, 2.75) is 39.7 Å². The number of benzene rings is 1. The van der Waals surface area contributed by atoms with E-state index in [1.807, 2.05) is 32.9 Å². The molecule has 0 aromatic heterocycles. The lowest BCUT2D eigenvalue weighted by molar-refractivity contribution is -0.138. The fourth-order valence-corrected chi connectivity index (χ4v) is 2.40. The van der Waals surface area contributed by atoms with E-state index < -0.39 is 12.1 Å². The zero-order chi connectivity index (χ0) is 14.6. The van der Waals surface area contributed by atoms with Gasteiger partial charge in [-0.2, -0.15) is 0 Å². The smallest absolute Gasteiger partial charge is 0.303 e. The van der Waals surface area contributed by atoms with Gasteiger partial charge in [-0.25, -0.2) is 0 Å². The molecule has 4 nitrogen and oxygen atoms in total. The third-order valence-electron chi connectivity index (χ3n) is 3.22. The summed E-state index contributed by atoms with van der Waals surface area (Å²) in [6.45, 7) is 5.70. The standard InChI is InChI=1S/C15H22O4/c1-9(6-14(17)18)5-13(16)12-7-10(2)15(19-4)11(3)8-12/h7-9,13,16H,5-6H2,1-4H3,(H,17,18). The zero-order valence-electron chi connectivity index (χ0n) is 11.9. The predicted molar refractivity (Wildman–Crippen MR) is 73.5 cm³/mol. The summed E-state index contributed by atoms with van der Waals surface area (Å²) in [6, 6.07) is 3.79. The molecule has 0 aliphatic rings. The van der Waals surface area contributed by atoms with E-state index in [-0.39, 0.29) is 12.3 Å². The SMILES string of the molecule is COc1c(C)cc(C(O)CC(C)CC(=O)O)cc1C.